The number of aromatic hydroxyl groups is 1. The molecular formula is C16H14ClNO4. The highest BCUT2D eigenvalue weighted by Crippen LogP contribution is 2.22. The highest BCUT2D eigenvalue weighted by molar-refractivity contribution is 6.31. The Bertz CT molecular complexity index is 715. The lowest BCUT2D eigenvalue weighted by atomic mass is 10.2. The average Bonchev–Trinajstić information content (AvgIpc) is 2.47. The fraction of sp³-hybridized carbons (Fsp3) is 0.125. The third-order valence-corrected chi connectivity index (χ3v) is 3.05. The van der Waals surface area contributed by atoms with Crippen LogP contribution in [0.2, 0.25) is 5.02 Å². The topological polar surface area (TPSA) is 75.6 Å². The molecule has 0 aliphatic heterocycles. The summed E-state index contributed by atoms with van der Waals surface area (Å²) in [5.41, 5.74) is 1.53. The highest BCUT2D eigenvalue weighted by Gasteiger charge is 2.15. The van der Waals surface area contributed by atoms with Gasteiger partial charge < -0.3 is 15.2 Å². The summed E-state index contributed by atoms with van der Waals surface area (Å²) >= 11 is 5.75. The molecular weight excluding hydrogens is 306 g/mol. The van der Waals surface area contributed by atoms with Crippen LogP contribution in [-0.2, 0) is 9.53 Å². The summed E-state index contributed by atoms with van der Waals surface area (Å²) in [6, 6.07) is 11.2. The van der Waals surface area contributed by atoms with Crippen molar-refractivity contribution in [2.45, 2.75) is 6.92 Å². The Morgan fingerprint density at radius 2 is 2.00 bits per heavy atom. The van der Waals surface area contributed by atoms with Crippen LogP contribution in [-0.4, -0.2) is 23.6 Å². The maximum atomic E-state index is 11.8. The van der Waals surface area contributed by atoms with Crippen molar-refractivity contribution in [3.8, 4) is 5.75 Å². The third-order valence-electron chi connectivity index (χ3n) is 2.81. The molecule has 0 radical (unpaired) electrons. The number of ether oxygens (including phenoxy) is 1. The third kappa shape index (κ3) is 4.23. The summed E-state index contributed by atoms with van der Waals surface area (Å²) in [7, 11) is 0. The van der Waals surface area contributed by atoms with Gasteiger partial charge in [0.05, 0.1) is 0 Å². The van der Waals surface area contributed by atoms with Crippen LogP contribution >= 0.6 is 11.6 Å². The van der Waals surface area contributed by atoms with Crippen LogP contribution in [0.5, 0.6) is 5.75 Å². The second-order valence-electron chi connectivity index (χ2n) is 4.66. The minimum Gasteiger partial charge on any atom is -0.507 e. The molecule has 0 saturated carbocycles. The van der Waals surface area contributed by atoms with Crippen molar-refractivity contribution in [2.24, 2.45) is 0 Å². The Morgan fingerprint density at radius 3 is 2.73 bits per heavy atom. The Hall–Kier alpha value is -2.53. The van der Waals surface area contributed by atoms with Crippen LogP contribution in [0.25, 0.3) is 0 Å². The Labute approximate surface area is 132 Å². The van der Waals surface area contributed by atoms with Gasteiger partial charge in [0.2, 0.25) is 0 Å². The van der Waals surface area contributed by atoms with Crippen LogP contribution in [0.15, 0.2) is 42.5 Å². The van der Waals surface area contributed by atoms with Gasteiger partial charge in [-0.2, -0.15) is 0 Å². The Kier molecular flexibility index (Phi) is 5.01. The number of carbonyl (C=O) groups is 2. The molecule has 0 aliphatic rings. The number of hydrogen-bond acceptors (Lipinski definition) is 4. The maximum absolute atomic E-state index is 11.8. The number of anilines is 1. The van der Waals surface area contributed by atoms with Gasteiger partial charge in [-0.3, -0.25) is 4.79 Å². The molecule has 0 aromatic heterocycles. The van der Waals surface area contributed by atoms with Crippen LogP contribution in [0.3, 0.4) is 0 Å². The number of phenols is 1. The van der Waals surface area contributed by atoms with Crippen molar-refractivity contribution >= 4 is 29.2 Å². The lowest BCUT2D eigenvalue weighted by Crippen LogP contribution is -2.21. The number of amides is 1. The van der Waals surface area contributed by atoms with E-state index in [9.17, 15) is 14.7 Å². The number of hydrogen-bond donors (Lipinski definition) is 2. The first-order valence-electron chi connectivity index (χ1n) is 6.48. The van der Waals surface area contributed by atoms with Gasteiger partial charge in [-0.15, -0.1) is 0 Å². The number of esters is 1. The van der Waals surface area contributed by atoms with Crippen molar-refractivity contribution < 1.29 is 19.4 Å². The summed E-state index contributed by atoms with van der Waals surface area (Å²) in [6.45, 7) is 1.44. The molecule has 1 amide bonds. The first-order valence-corrected chi connectivity index (χ1v) is 6.85. The second-order valence-corrected chi connectivity index (χ2v) is 5.09. The number of halogens is 1. The number of benzene rings is 2. The van der Waals surface area contributed by atoms with Crippen LogP contribution in [0.1, 0.15) is 15.9 Å². The summed E-state index contributed by atoms with van der Waals surface area (Å²) in [5, 5.41) is 12.5. The van der Waals surface area contributed by atoms with E-state index in [1.807, 2.05) is 13.0 Å². The maximum Gasteiger partial charge on any atom is 0.342 e. The fourth-order valence-electron chi connectivity index (χ4n) is 1.80. The van der Waals surface area contributed by atoms with Gasteiger partial charge in [-0.1, -0.05) is 23.7 Å². The predicted molar refractivity (Wildman–Crippen MR) is 83.2 cm³/mol. The molecule has 0 aliphatic carbocycles. The lowest BCUT2D eigenvalue weighted by Gasteiger charge is -2.08. The summed E-state index contributed by atoms with van der Waals surface area (Å²) in [4.78, 5) is 23.5. The fourth-order valence-corrected chi connectivity index (χ4v) is 1.97. The molecule has 0 bridgehead atoms. The second kappa shape index (κ2) is 6.95. The molecule has 0 saturated heterocycles. The minimum atomic E-state index is -0.820. The average molecular weight is 320 g/mol. The van der Waals surface area contributed by atoms with Gasteiger partial charge in [0, 0.05) is 10.7 Å². The van der Waals surface area contributed by atoms with Gasteiger partial charge in [-0.25, -0.2) is 4.79 Å². The molecule has 114 valence electrons. The van der Waals surface area contributed by atoms with Gasteiger partial charge in [0.25, 0.3) is 5.91 Å². The number of nitrogens with one attached hydrogen (secondary N) is 1. The number of carbonyl (C=O) groups excluding carboxylic acids is 2. The minimum absolute atomic E-state index is 0.0872. The van der Waals surface area contributed by atoms with E-state index in [0.29, 0.717) is 5.69 Å². The van der Waals surface area contributed by atoms with Crippen LogP contribution in [0.4, 0.5) is 5.69 Å². The summed E-state index contributed by atoms with van der Waals surface area (Å²) in [5.74, 6) is -1.55. The van der Waals surface area contributed by atoms with Gasteiger partial charge in [0.15, 0.2) is 6.61 Å². The largest absolute Gasteiger partial charge is 0.507 e. The SMILES string of the molecule is Cc1cccc(NC(=O)COC(=O)c2cc(Cl)ccc2O)c1. The first-order chi connectivity index (χ1) is 10.5. The van der Waals surface area contributed by atoms with Crippen molar-refractivity contribution in [1.82, 2.24) is 0 Å². The normalized spacial score (nSPS) is 10.1. The smallest absolute Gasteiger partial charge is 0.342 e. The van der Waals surface area contributed by atoms with E-state index in [4.69, 9.17) is 16.3 Å². The molecule has 0 spiro atoms. The van der Waals surface area contributed by atoms with Crippen molar-refractivity contribution in [2.75, 3.05) is 11.9 Å². The van der Waals surface area contributed by atoms with Crippen molar-refractivity contribution in [1.29, 1.82) is 0 Å². The number of aryl methyl sites for hydroxylation is 1. The van der Waals surface area contributed by atoms with E-state index >= 15 is 0 Å². The van der Waals surface area contributed by atoms with E-state index in [1.54, 1.807) is 18.2 Å². The zero-order valence-corrected chi connectivity index (χ0v) is 12.6. The molecule has 5 nitrogen and oxygen atoms in total. The van der Waals surface area contributed by atoms with E-state index in [0.717, 1.165) is 5.56 Å². The van der Waals surface area contributed by atoms with Crippen molar-refractivity contribution in [3.63, 3.8) is 0 Å². The molecule has 6 heteroatoms. The molecule has 2 rings (SSSR count). The quantitative estimate of drug-likeness (QED) is 0.849. The predicted octanol–water partition coefficient (Wildman–Crippen LogP) is 3.15. The van der Waals surface area contributed by atoms with Gasteiger partial charge >= 0.3 is 5.97 Å². The molecule has 22 heavy (non-hydrogen) atoms. The Balaban J connectivity index is 1.93. The highest BCUT2D eigenvalue weighted by atomic mass is 35.5. The molecule has 0 unspecified atom stereocenters. The standard InChI is InChI=1S/C16H14ClNO4/c1-10-3-2-4-12(7-10)18-15(20)9-22-16(21)13-8-11(17)5-6-14(13)19/h2-8,19H,9H2,1H3,(H,18,20). The van der Waals surface area contributed by atoms with E-state index in [-0.39, 0.29) is 16.3 Å². The number of phenolic OH excluding ortho intramolecular Hbond substituents is 1. The molecule has 2 aromatic rings. The van der Waals surface area contributed by atoms with Crippen molar-refractivity contribution in [3.05, 3.63) is 58.6 Å². The molecule has 0 atom stereocenters. The molecule has 2 aromatic carbocycles. The van der Waals surface area contributed by atoms with E-state index < -0.39 is 18.5 Å². The summed E-state index contributed by atoms with van der Waals surface area (Å²) in [6.07, 6.45) is 0. The molecule has 0 heterocycles. The Morgan fingerprint density at radius 1 is 1.23 bits per heavy atom. The van der Waals surface area contributed by atoms with Gasteiger partial charge in [0.1, 0.15) is 11.3 Å². The monoisotopic (exact) mass is 319 g/mol. The van der Waals surface area contributed by atoms with E-state index in [2.05, 4.69) is 5.32 Å². The van der Waals surface area contributed by atoms with Crippen LogP contribution in [0, 0.1) is 6.92 Å². The zero-order valence-electron chi connectivity index (χ0n) is 11.8. The molecule has 0 fully saturated rings. The number of rotatable bonds is 4. The van der Waals surface area contributed by atoms with Gasteiger partial charge in [-0.05, 0) is 42.8 Å². The van der Waals surface area contributed by atoms with Crippen LogP contribution < -0.4 is 5.32 Å². The summed E-state index contributed by atoms with van der Waals surface area (Å²) < 4.78 is 4.86. The van der Waals surface area contributed by atoms with E-state index in [1.165, 1.54) is 18.2 Å². The molecule has 2 N–H and O–H groups in total. The first kappa shape index (κ1) is 15.9. The lowest BCUT2D eigenvalue weighted by molar-refractivity contribution is -0.119. The zero-order chi connectivity index (χ0) is 16.1.